The lowest BCUT2D eigenvalue weighted by Crippen LogP contribution is -2.32. The van der Waals surface area contributed by atoms with Gasteiger partial charge in [-0.05, 0) is 26.0 Å². The molecule has 9 heteroatoms. The van der Waals surface area contributed by atoms with Crippen LogP contribution in [0, 0.1) is 17.9 Å². The molecule has 0 unspecified atom stereocenters. The second-order valence-electron chi connectivity index (χ2n) is 6.31. The first-order valence-corrected chi connectivity index (χ1v) is 7.53. The SMILES string of the molecule is Cc1c2c(-c3nc(C(C)(C)O)no3)ncn2c2ccc(F)cc2[n+]1[O-]. The Kier molecular flexibility index (Phi) is 3.07. The van der Waals surface area contributed by atoms with Crippen LogP contribution in [-0.2, 0) is 5.60 Å². The summed E-state index contributed by atoms with van der Waals surface area (Å²) in [5.74, 6) is -0.300. The van der Waals surface area contributed by atoms with Gasteiger partial charge in [0.1, 0.15) is 28.8 Å². The normalized spacial score (nSPS) is 12.4. The molecule has 25 heavy (non-hydrogen) atoms. The number of hydrogen-bond donors (Lipinski definition) is 1. The van der Waals surface area contributed by atoms with Crippen molar-refractivity contribution in [1.82, 2.24) is 19.5 Å². The molecule has 0 atom stereocenters. The highest BCUT2D eigenvalue weighted by Gasteiger charge is 2.27. The van der Waals surface area contributed by atoms with Gasteiger partial charge in [-0.3, -0.25) is 4.40 Å². The van der Waals surface area contributed by atoms with Crippen molar-refractivity contribution in [2.24, 2.45) is 0 Å². The molecule has 1 aromatic carbocycles. The third kappa shape index (κ3) is 2.23. The lowest BCUT2D eigenvalue weighted by Gasteiger charge is -2.09. The Bertz CT molecular complexity index is 1130. The summed E-state index contributed by atoms with van der Waals surface area (Å²) in [5.41, 5.74) is 0.522. The number of halogens is 1. The van der Waals surface area contributed by atoms with Gasteiger partial charge >= 0.3 is 0 Å². The van der Waals surface area contributed by atoms with E-state index in [0.29, 0.717) is 27.2 Å². The van der Waals surface area contributed by atoms with Crippen molar-refractivity contribution < 1.29 is 18.8 Å². The van der Waals surface area contributed by atoms with E-state index in [4.69, 9.17) is 4.52 Å². The third-order valence-electron chi connectivity index (χ3n) is 4.01. The predicted molar refractivity (Wildman–Crippen MR) is 84.9 cm³/mol. The number of fused-ring (bicyclic) bond motifs is 3. The maximum Gasteiger partial charge on any atom is 0.279 e. The van der Waals surface area contributed by atoms with Crippen molar-refractivity contribution in [2.45, 2.75) is 26.4 Å². The van der Waals surface area contributed by atoms with Crippen LogP contribution in [0.25, 0.3) is 28.1 Å². The Hall–Kier alpha value is -3.07. The van der Waals surface area contributed by atoms with Crippen molar-refractivity contribution in [3.63, 3.8) is 0 Å². The summed E-state index contributed by atoms with van der Waals surface area (Å²) in [6.45, 7) is 4.67. The molecule has 0 spiro atoms. The van der Waals surface area contributed by atoms with E-state index in [2.05, 4.69) is 15.1 Å². The molecule has 0 aliphatic rings. The summed E-state index contributed by atoms with van der Waals surface area (Å²) in [5, 5.41) is 26.3. The number of benzene rings is 1. The standard InChI is InChI=1S/C16H14FN5O3/c1-8-13-12(14-19-15(20-25-14)16(2,3)23)18-7-21(13)10-5-4-9(17)6-11(10)22(8)24/h4-7,23H,1-3H3. The highest BCUT2D eigenvalue weighted by atomic mass is 19.1. The molecule has 1 N–H and O–H groups in total. The third-order valence-corrected chi connectivity index (χ3v) is 4.01. The van der Waals surface area contributed by atoms with E-state index < -0.39 is 11.4 Å². The van der Waals surface area contributed by atoms with Crippen LogP contribution in [0.5, 0.6) is 0 Å². The van der Waals surface area contributed by atoms with Gasteiger partial charge in [-0.2, -0.15) is 9.71 Å². The first-order valence-electron chi connectivity index (χ1n) is 7.53. The fraction of sp³-hybridized carbons (Fsp3) is 0.250. The summed E-state index contributed by atoms with van der Waals surface area (Å²) >= 11 is 0. The second kappa shape index (κ2) is 4.96. The topological polar surface area (TPSA) is 103 Å². The number of aliphatic hydroxyl groups is 1. The Balaban J connectivity index is 2.03. The van der Waals surface area contributed by atoms with Gasteiger partial charge in [0.2, 0.25) is 17.0 Å². The smallest absolute Gasteiger partial charge is 0.279 e. The summed E-state index contributed by atoms with van der Waals surface area (Å²) in [4.78, 5) is 8.44. The molecular weight excluding hydrogens is 329 g/mol. The van der Waals surface area contributed by atoms with Crippen LogP contribution in [0.1, 0.15) is 25.4 Å². The maximum atomic E-state index is 13.5. The molecule has 0 radical (unpaired) electrons. The maximum absolute atomic E-state index is 13.5. The molecule has 3 heterocycles. The van der Waals surface area contributed by atoms with Gasteiger partial charge in [0.15, 0.2) is 5.69 Å². The molecule has 0 fully saturated rings. The van der Waals surface area contributed by atoms with Gasteiger partial charge in [-0.25, -0.2) is 9.37 Å². The number of aromatic nitrogens is 5. The van der Waals surface area contributed by atoms with Crippen LogP contribution in [0.2, 0.25) is 0 Å². The number of nitrogens with zero attached hydrogens (tertiary/aromatic N) is 5. The zero-order valence-electron chi connectivity index (χ0n) is 13.7. The minimum atomic E-state index is -1.27. The molecule has 0 amide bonds. The van der Waals surface area contributed by atoms with Crippen molar-refractivity contribution >= 4 is 16.6 Å². The zero-order valence-corrected chi connectivity index (χ0v) is 13.7. The lowest BCUT2D eigenvalue weighted by atomic mass is 10.1. The summed E-state index contributed by atoms with van der Waals surface area (Å²) in [6, 6.07) is 3.95. The fourth-order valence-corrected chi connectivity index (χ4v) is 2.74. The molecule has 0 saturated carbocycles. The molecule has 128 valence electrons. The summed E-state index contributed by atoms with van der Waals surface area (Å²) in [6.07, 6.45) is 1.51. The monoisotopic (exact) mass is 343 g/mol. The largest absolute Gasteiger partial charge is 0.618 e. The van der Waals surface area contributed by atoms with Crippen molar-refractivity contribution in [2.75, 3.05) is 0 Å². The van der Waals surface area contributed by atoms with Crippen LogP contribution in [0.3, 0.4) is 0 Å². The zero-order chi connectivity index (χ0) is 17.9. The number of rotatable bonds is 2. The van der Waals surface area contributed by atoms with Crippen LogP contribution in [0.15, 0.2) is 29.0 Å². The van der Waals surface area contributed by atoms with Gasteiger partial charge in [-0.15, -0.1) is 0 Å². The Morgan fingerprint density at radius 1 is 1.36 bits per heavy atom. The van der Waals surface area contributed by atoms with Crippen LogP contribution < -0.4 is 4.73 Å². The Morgan fingerprint density at radius 3 is 2.80 bits per heavy atom. The Labute approximate surface area is 140 Å². The van der Waals surface area contributed by atoms with Crippen LogP contribution >= 0.6 is 0 Å². The fourth-order valence-electron chi connectivity index (χ4n) is 2.74. The van der Waals surface area contributed by atoms with E-state index in [1.165, 1.54) is 38.4 Å². The average molecular weight is 343 g/mol. The highest BCUT2D eigenvalue weighted by Crippen LogP contribution is 2.28. The van der Waals surface area contributed by atoms with Crippen molar-refractivity contribution in [1.29, 1.82) is 0 Å². The average Bonchev–Trinajstić information content (AvgIpc) is 3.18. The lowest BCUT2D eigenvalue weighted by molar-refractivity contribution is -0.583. The quantitative estimate of drug-likeness (QED) is 0.440. The van der Waals surface area contributed by atoms with Crippen LogP contribution in [0.4, 0.5) is 4.39 Å². The van der Waals surface area contributed by atoms with Crippen LogP contribution in [-0.4, -0.2) is 24.6 Å². The summed E-state index contributed by atoms with van der Waals surface area (Å²) < 4.78 is 21.0. The van der Waals surface area contributed by atoms with E-state index in [1.807, 2.05) is 0 Å². The predicted octanol–water partition coefficient (Wildman–Crippen LogP) is 1.85. The van der Waals surface area contributed by atoms with Gasteiger partial charge < -0.3 is 14.8 Å². The Morgan fingerprint density at radius 2 is 2.12 bits per heavy atom. The minimum absolute atomic E-state index is 0.0872. The van der Waals surface area contributed by atoms with E-state index in [0.717, 1.165) is 0 Å². The summed E-state index contributed by atoms with van der Waals surface area (Å²) in [7, 11) is 0. The molecule has 4 aromatic rings. The highest BCUT2D eigenvalue weighted by molar-refractivity contribution is 5.82. The number of hydrogen-bond acceptors (Lipinski definition) is 6. The second-order valence-corrected chi connectivity index (χ2v) is 6.31. The molecule has 0 saturated heterocycles. The number of aryl methyl sites for hydroxylation is 1. The van der Waals surface area contributed by atoms with E-state index in [9.17, 15) is 14.7 Å². The molecule has 8 nitrogen and oxygen atoms in total. The first-order chi connectivity index (χ1) is 11.8. The molecule has 0 aliphatic heterocycles. The van der Waals surface area contributed by atoms with Gasteiger partial charge in [0, 0.05) is 13.0 Å². The van der Waals surface area contributed by atoms with Gasteiger partial charge in [-0.1, -0.05) is 5.16 Å². The van der Waals surface area contributed by atoms with E-state index in [1.54, 1.807) is 11.3 Å². The van der Waals surface area contributed by atoms with E-state index >= 15 is 0 Å². The molecular formula is C16H14FN5O3. The molecule has 4 rings (SSSR count). The number of imidazole rings is 1. The first kappa shape index (κ1) is 15.5. The van der Waals surface area contributed by atoms with Gasteiger partial charge in [0.25, 0.3) is 5.89 Å². The molecule has 0 bridgehead atoms. The van der Waals surface area contributed by atoms with Crippen molar-refractivity contribution in [3.8, 4) is 11.6 Å². The van der Waals surface area contributed by atoms with E-state index in [-0.39, 0.29) is 17.2 Å². The van der Waals surface area contributed by atoms with Gasteiger partial charge in [0.05, 0.1) is 0 Å². The minimum Gasteiger partial charge on any atom is -0.618 e. The van der Waals surface area contributed by atoms with Crippen molar-refractivity contribution in [3.05, 3.63) is 47.1 Å². The molecule has 3 aromatic heterocycles. The molecule has 0 aliphatic carbocycles.